The van der Waals surface area contributed by atoms with Crippen LogP contribution in [0.2, 0.25) is 0 Å². The summed E-state index contributed by atoms with van der Waals surface area (Å²) >= 11 is 0. The summed E-state index contributed by atoms with van der Waals surface area (Å²) in [5, 5.41) is 0. The minimum absolute atomic E-state index is 0.0848. The second kappa shape index (κ2) is 6.39. The van der Waals surface area contributed by atoms with Gasteiger partial charge in [0.2, 0.25) is 11.7 Å². The zero-order valence-electron chi connectivity index (χ0n) is 13.7. The summed E-state index contributed by atoms with van der Waals surface area (Å²) in [6.07, 6.45) is 0.654. The number of amides is 1. The number of rotatable bonds is 4. The maximum absolute atomic E-state index is 11.7. The van der Waals surface area contributed by atoms with Crippen molar-refractivity contribution < 1.29 is 18.7 Å². The van der Waals surface area contributed by atoms with E-state index < -0.39 is 5.97 Å². The van der Waals surface area contributed by atoms with Crippen LogP contribution < -0.4 is 10.6 Å². The van der Waals surface area contributed by atoms with Crippen molar-refractivity contribution in [2.24, 2.45) is 5.73 Å². The van der Waals surface area contributed by atoms with Crippen LogP contribution in [0.25, 0.3) is 0 Å². The van der Waals surface area contributed by atoms with E-state index in [0.29, 0.717) is 18.7 Å². The third-order valence-corrected chi connectivity index (χ3v) is 4.52. The third-order valence-electron chi connectivity index (χ3n) is 4.52. The molecule has 126 valence electrons. The molecule has 0 saturated heterocycles. The van der Waals surface area contributed by atoms with Gasteiger partial charge in [0.25, 0.3) is 0 Å². The number of methoxy groups -OCH3 is 1. The van der Waals surface area contributed by atoms with E-state index in [1.807, 2.05) is 31.2 Å². The molecule has 1 aliphatic heterocycles. The summed E-state index contributed by atoms with van der Waals surface area (Å²) in [4.78, 5) is 25.4. The maximum atomic E-state index is 11.7. The van der Waals surface area contributed by atoms with Gasteiger partial charge in [-0.25, -0.2) is 4.79 Å². The van der Waals surface area contributed by atoms with Crippen molar-refractivity contribution in [1.29, 1.82) is 0 Å². The number of furan rings is 1. The first-order chi connectivity index (χ1) is 11.5. The average molecular weight is 328 g/mol. The van der Waals surface area contributed by atoms with Crippen LogP contribution >= 0.6 is 0 Å². The lowest BCUT2D eigenvalue weighted by molar-refractivity contribution is -0.119. The molecule has 0 radical (unpaired) electrons. The van der Waals surface area contributed by atoms with E-state index in [9.17, 15) is 9.59 Å². The number of hydrogen-bond acceptors (Lipinski definition) is 5. The highest BCUT2D eigenvalue weighted by molar-refractivity contribution is 5.86. The van der Waals surface area contributed by atoms with Crippen LogP contribution in [0.15, 0.2) is 40.8 Å². The Morgan fingerprint density at radius 2 is 2.04 bits per heavy atom. The van der Waals surface area contributed by atoms with E-state index in [4.69, 9.17) is 10.2 Å². The lowest BCUT2D eigenvalue weighted by Gasteiger charge is -2.37. The summed E-state index contributed by atoms with van der Waals surface area (Å²) in [7, 11) is 1.32. The number of nitrogens with two attached hydrogens (primary N) is 1. The highest BCUT2D eigenvalue weighted by Crippen LogP contribution is 2.39. The van der Waals surface area contributed by atoms with E-state index in [-0.39, 0.29) is 23.6 Å². The van der Waals surface area contributed by atoms with Crippen LogP contribution in [0.3, 0.4) is 0 Å². The van der Waals surface area contributed by atoms with Crippen LogP contribution in [0.5, 0.6) is 0 Å². The largest absolute Gasteiger partial charge is 0.463 e. The highest BCUT2D eigenvalue weighted by Gasteiger charge is 2.32. The van der Waals surface area contributed by atoms with Crippen molar-refractivity contribution in [2.75, 3.05) is 18.6 Å². The normalized spacial score (nSPS) is 17.9. The van der Waals surface area contributed by atoms with Gasteiger partial charge < -0.3 is 19.8 Å². The number of anilines is 1. The second-order valence-corrected chi connectivity index (χ2v) is 5.87. The van der Waals surface area contributed by atoms with Gasteiger partial charge in [-0.1, -0.05) is 18.2 Å². The van der Waals surface area contributed by atoms with Crippen molar-refractivity contribution in [3.8, 4) is 0 Å². The lowest BCUT2D eigenvalue weighted by atomic mass is 9.88. The van der Waals surface area contributed by atoms with Crippen LogP contribution in [0, 0.1) is 0 Å². The smallest absolute Gasteiger partial charge is 0.373 e. The van der Waals surface area contributed by atoms with Crippen molar-refractivity contribution in [1.82, 2.24) is 0 Å². The predicted octanol–water partition coefficient (Wildman–Crippen LogP) is 2.61. The number of para-hydroxylation sites is 1. The van der Waals surface area contributed by atoms with Crippen molar-refractivity contribution in [3.05, 3.63) is 53.5 Å². The van der Waals surface area contributed by atoms with Crippen molar-refractivity contribution >= 4 is 17.6 Å². The van der Waals surface area contributed by atoms with Gasteiger partial charge in [0.05, 0.1) is 19.1 Å². The molecular weight excluding hydrogens is 308 g/mol. The van der Waals surface area contributed by atoms with Gasteiger partial charge in [0.1, 0.15) is 5.76 Å². The molecule has 2 heterocycles. The Hall–Kier alpha value is -2.76. The molecule has 1 aromatic carbocycles. The molecular formula is C18H20N2O4. The molecule has 2 atom stereocenters. The summed E-state index contributed by atoms with van der Waals surface area (Å²) in [6.45, 7) is 2.68. The first kappa shape index (κ1) is 16.1. The fourth-order valence-corrected chi connectivity index (χ4v) is 3.23. The Morgan fingerprint density at radius 3 is 2.75 bits per heavy atom. The number of carbonyl (C=O) groups is 2. The van der Waals surface area contributed by atoms with Gasteiger partial charge in [-0.3, -0.25) is 4.79 Å². The standard InChI is InChI=1S/C18H20N2O4/c1-11(15-7-8-16(24-15)18(22)23-2)20-10-9-13(17(19)21)12-5-3-4-6-14(12)20/h3-8,11,13H,9-10H2,1-2H3,(H2,19,21)/t11-,13+/m1/s1. The van der Waals surface area contributed by atoms with Crippen LogP contribution in [0.1, 0.15) is 47.2 Å². The molecule has 3 rings (SSSR count). The Bertz CT molecular complexity index is 768. The molecule has 0 spiro atoms. The van der Waals surface area contributed by atoms with Gasteiger partial charge in [-0.05, 0) is 37.1 Å². The van der Waals surface area contributed by atoms with E-state index in [2.05, 4.69) is 9.64 Å². The molecule has 24 heavy (non-hydrogen) atoms. The molecule has 2 aromatic rings. The molecule has 0 aliphatic carbocycles. The van der Waals surface area contributed by atoms with Gasteiger partial charge in [0, 0.05) is 12.2 Å². The predicted molar refractivity (Wildman–Crippen MR) is 88.8 cm³/mol. The zero-order valence-corrected chi connectivity index (χ0v) is 13.7. The fourth-order valence-electron chi connectivity index (χ4n) is 3.23. The lowest BCUT2D eigenvalue weighted by Crippen LogP contribution is -2.37. The molecule has 1 amide bonds. The first-order valence-electron chi connectivity index (χ1n) is 7.86. The molecule has 0 saturated carbocycles. The van der Waals surface area contributed by atoms with E-state index in [1.165, 1.54) is 7.11 Å². The van der Waals surface area contributed by atoms with E-state index in [0.717, 1.165) is 11.3 Å². The van der Waals surface area contributed by atoms with Gasteiger partial charge >= 0.3 is 5.97 Å². The quantitative estimate of drug-likeness (QED) is 0.872. The number of ether oxygens (including phenoxy) is 1. The minimum Gasteiger partial charge on any atom is -0.463 e. The molecule has 6 nitrogen and oxygen atoms in total. The first-order valence-corrected chi connectivity index (χ1v) is 7.86. The average Bonchev–Trinajstić information content (AvgIpc) is 3.09. The molecule has 1 aromatic heterocycles. The number of primary amides is 1. The Kier molecular flexibility index (Phi) is 4.29. The van der Waals surface area contributed by atoms with Gasteiger partial charge in [0.15, 0.2) is 0 Å². The number of esters is 1. The topological polar surface area (TPSA) is 85.8 Å². The van der Waals surface area contributed by atoms with Crippen LogP contribution in [-0.2, 0) is 9.53 Å². The molecule has 2 N–H and O–H groups in total. The number of hydrogen-bond donors (Lipinski definition) is 1. The minimum atomic E-state index is -0.499. The monoisotopic (exact) mass is 328 g/mol. The number of benzene rings is 1. The SMILES string of the molecule is COC(=O)c1ccc([C@@H](C)N2CC[C@H](C(N)=O)c3ccccc32)o1. The van der Waals surface area contributed by atoms with Crippen molar-refractivity contribution in [3.63, 3.8) is 0 Å². The second-order valence-electron chi connectivity index (χ2n) is 5.87. The summed E-state index contributed by atoms with van der Waals surface area (Å²) in [6, 6.07) is 11.1. The number of carbonyl (C=O) groups excluding carboxylic acids is 2. The number of fused-ring (bicyclic) bond motifs is 1. The Balaban J connectivity index is 1.92. The molecule has 1 aliphatic rings. The highest BCUT2D eigenvalue weighted by atomic mass is 16.5. The molecule has 0 bridgehead atoms. The summed E-state index contributed by atoms with van der Waals surface area (Å²) < 4.78 is 10.3. The van der Waals surface area contributed by atoms with Crippen LogP contribution in [-0.4, -0.2) is 25.5 Å². The third kappa shape index (κ3) is 2.75. The van der Waals surface area contributed by atoms with Crippen molar-refractivity contribution in [2.45, 2.75) is 25.3 Å². The fraction of sp³-hybridized carbons (Fsp3) is 0.333. The summed E-state index contributed by atoms with van der Waals surface area (Å²) in [5.74, 6) is -0.226. The molecule has 6 heteroatoms. The summed E-state index contributed by atoms with van der Waals surface area (Å²) in [5.41, 5.74) is 7.44. The van der Waals surface area contributed by atoms with E-state index >= 15 is 0 Å². The van der Waals surface area contributed by atoms with Gasteiger partial charge in [-0.15, -0.1) is 0 Å². The van der Waals surface area contributed by atoms with Crippen LogP contribution in [0.4, 0.5) is 5.69 Å². The Labute approximate surface area is 140 Å². The Morgan fingerprint density at radius 1 is 1.29 bits per heavy atom. The molecule has 0 fully saturated rings. The van der Waals surface area contributed by atoms with Gasteiger partial charge in [-0.2, -0.15) is 0 Å². The van der Waals surface area contributed by atoms with E-state index in [1.54, 1.807) is 12.1 Å². The zero-order chi connectivity index (χ0) is 17.3. The number of nitrogens with zero attached hydrogens (tertiary/aromatic N) is 1. The maximum Gasteiger partial charge on any atom is 0.373 e. The molecule has 0 unspecified atom stereocenters.